The smallest absolute Gasteiger partial charge is 0.337 e. The van der Waals surface area contributed by atoms with Crippen molar-refractivity contribution in [1.29, 1.82) is 0 Å². The van der Waals surface area contributed by atoms with Crippen LogP contribution in [0.2, 0.25) is 0 Å². The summed E-state index contributed by atoms with van der Waals surface area (Å²) in [4.78, 5) is 23.1. The minimum Gasteiger partial charge on any atom is -0.465 e. The Kier molecular flexibility index (Phi) is 4.35. The minimum atomic E-state index is -0.427. The Balaban J connectivity index is 1.94. The number of esters is 1. The number of benzene rings is 1. The monoisotopic (exact) mass is 263 g/mol. The SMILES string of the molecule is COC(=O)c1cccc(NC(=O)N[C@H]2CCNC2)c1. The summed E-state index contributed by atoms with van der Waals surface area (Å²) in [6.07, 6.45) is 0.926. The molecule has 6 nitrogen and oxygen atoms in total. The van der Waals surface area contributed by atoms with Gasteiger partial charge in [-0.2, -0.15) is 0 Å². The third-order valence-corrected chi connectivity index (χ3v) is 2.94. The van der Waals surface area contributed by atoms with Crippen LogP contribution in [0.4, 0.5) is 10.5 Å². The maximum atomic E-state index is 11.8. The fourth-order valence-corrected chi connectivity index (χ4v) is 1.97. The van der Waals surface area contributed by atoms with Crippen LogP contribution in [0.5, 0.6) is 0 Å². The van der Waals surface area contributed by atoms with E-state index >= 15 is 0 Å². The number of methoxy groups -OCH3 is 1. The lowest BCUT2D eigenvalue weighted by atomic mass is 10.2. The number of nitrogens with one attached hydrogen (secondary N) is 3. The predicted octanol–water partition coefficient (Wildman–Crippen LogP) is 0.957. The number of anilines is 1. The van der Waals surface area contributed by atoms with Gasteiger partial charge in [0, 0.05) is 18.3 Å². The van der Waals surface area contributed by atoms with E-state index in [-0.39, 0.29) is 12.1 Å². The molecule has 1 aromatic rings. The van der Waals surface area contributed by atoms with Crippen LogP contribution in [0.25, 0.3) is 0 Å². The van der Waals surface area contributed by atoms with Crippen molar-refractivity contribution in [1.82, 2.24) is 10.6 Å². The van der Waals surface area contributed by atoms with Crippen LogP contribution in [-0.4, -0.2) is 38.2 Å². The molecule has 102 valence electrons. The molecular formula is C13H17N3O3. The first-order valence-corrected chi connectivity index (χ1v) is 6.15. The normalized spacial score (nSPS) is 17.8. The number of rotatable bonds is 3. The molecule has 1 aromatic carbocycles. The zero-order chi connectivity index (χ0) is 13.7. The van der Waals surface area contributed by atoms with Gasteiger partial charge in [0.05, 0.1) is 12.7 Å². The molecule has 1 heterocycles. The van der Waals surface area contributed by atoms with E-state index in [0.717, 1.165) is 19.5 Å². The van der Waals surface area contributed by atoms with Crippen LogP contribution in [0, 0.1) is 0 Å². The number of carbonyl (C=O) groups is 2. The highest BCUT2D eigenvalue weighted by molar-refractivity contribution is 5.93. The lowest BCUT2D eigenvalue weighted by Gasteiger charge is -2.12. The Morgan fingerprint density at radius 1 is 1.42 bits per heavy atom. The molecule has 1 aliphatic heterocycles. The molecule has 19 heavy (non-hydrogen) atoms. The molecular weight excluding hydrogens is 246 g/mol. The van der Waals surface area contributed by atoms with Crippen LogP contribution < -0.4 is 16.0 Å². The average Bonchev–Trinajstić information content (AvgIpc) is 2.90. The fraction of sp³-hybridized carbons (Fsp3) is 0.385. The standard InChI is InChI=1S/C13H17N3O3/c1-19-12(17)9-3-2-4-10(7-9)15-13(18)16-11-5-6-14-8-11/h2-4,7,11,14H,5-6,8H2,1H3,(H2,15,16,18)/t11-/m0/s1. The quantitative estimate of drug-likeness (QED) is 0.710. The van der Waals surface area contributed by atoms with E-state index in [4.69, 9.17) is 0 Å². The van der Waals surface area contributed by atoms with Crippen molar-refractivity contribution in [3.8, 4) is 0 Å². The molecule has 0 saturated carbocycles. The summed E-state index contributed by atoms with van der Waals surface area (Å²) in [6, 6.07) is 6.52. The van der Waals surface area contributed by atoms with Crippen LogP contribution in [0.15, 0.2) is 24.3 Å². The van der Waals surface area contributed by atoms with Crippen LogP contribution in [-0.2, 0) is 4.74 Å². The van der Waals surface area contributed by atoms with Crippen LogP contribution in [0.3, 0.4) is 0 Å². The molecule has 0 aliphatic carbocycles. The average molecular weight is 263 g/mol. The third kappa shape index (κ3) is 3.69. The molecule has 1 saturated heterocycles. The van der Waals surface area contributed by atoms with E-state index in [9.17, 15) is 9.59 Å². The van der Waals surface area contributed by atoms with Crippen LogP contribution >= 0.6 is 0 Å². The number of amides is 2. The Morgan fingerprint density at radius 3 is 2.95 bits per heavy atom. The summed E-state index contributed by atoms with van der Waals surface area (Å²) in [6.45, 7) is 1.71. The second-order valence-corrected chi connectivity index (χ2v) is 4.36. The van der Waals surface area contributed by atoms with Crippen molar-refractivity contribution in [3.63, 3.8) is 0 Å². The van der Waals surface area contributed by atoms with E-state index in [1.807, 2.05) is 0 Å². The molecule has 3 N–H and O–H groups in total. The third-order valence-electron chi connectivity index (χ3n) is 2.94. The van der Waals surface area contributed by atoms with Gasteiger partial charge in [-0.15, -0.1) is 0 Å². The summed E-state index contributed by atoms with van der Waals surface area (Å²) < 4.78 is 4.63. The Morgan fingerprint density at radius 2 is 2.26 bits per heavy atom. The van der Waals surface area contributed by atoms with Gasteiger partial charge in [0.1, 0.15) is 0 Å². The maximum Gasteiger partial charge on any atom is 0.337 e. The summed E-state index contributed by atoms with van der Waals surface area (Å²) in [7, 11) is 1.32. The van der Waals surface area contributed by atoms with Crippen LogP contribution in [0.1, 0.15) is 16.8 Å². The highest BCUT2D eigenvalue weighted by atomic mass is 16.5. The molecule has 2 amide bonds. The number of ether oxygens (including phenoxy) is 1. The number of hydrogen-bond acceptors (Lipinski definition) is 4. The molecule has 6 heteroatoms. The summed E-state index contributed by atoms with van der Waals surface area (Å²) in [5.74, 6) is -0.427. The van der Waals surface area contributed by atoms with Gasteiger partial charge < -0.3 is 20.7 Å². The lowest BCUT2D eigenvalue weighted by molar-refractivity contribution is 0.0600. The molecule has 0 unspecified atom stereocenters. The number of carbonyl (C=O) groups excluding carboxylic acids is 2. The first-order valence-electron chi connectivity index (χ1n) is 6.15. The van der Waals surface area contributed by atoms with Gasteiger partial charge in [0.15, 0.2) is 0 Å². The zero-order valence-corrected chi connectivity index (χ0v) is 10.7. The van der Waals surface area contributed by atoms with Gasteiger partial charge in [0.25, 0.3) is 0 Å². The van der Waals surface area contributed by atoms with E-state index < -0.39 is 5.97 Å². The maximum absolute atomic E-state index is 11.8. The summed E-state index contributed by atoms with van der Waals surface area (Å²) in [5.41, 5.74) is 0.967. The van der Waals surface area contributed by atoms with Gasteiger partial charge in [-0.25, -0.2) is 9.59 Å². The van der Waals surface area contributed by atoms with Gasteiger partial charge in [0.2, 0.25) is 0 Å². The molecule has 1 aliphatic rings. The second kappa shape index (κ2) is 6.19. The molecule has 1 atom stereocenters. The van der Waals surface area contributed by atoms with Gasteiger partial charge in [-0.1, -0.05) is 6.07 Å². The first kappa shape index (κ1) is 13.4. The predicted molar refractivity (Wildman–Crippen MR) is 71.2 cm³/mol. The van der Waals surface area contributed by atoms with E-state index in [1.165, 1.54) is 7.11 Å². The van der Waals surface area contributed by atoms with E-state index in [0.29, 0.717) is 11.3 Å². The lowest BCUT2D eigenvalue weighted by Crippen LogP contribution is -2.39. The second-order valence-electron chi connectivity index (χ2n) is 4.36. The molecule has 1 fully saturated rings. The zero-order valence-electron chi connectivity index (χ0n) is 10.7. The summed E-state index contributed by atoms with van der Waals surface area (Å²) >= 11 is 0. The van der Waals surface area contributed by atoms with Gasteiger partial charge in [-0.3, -0.25) is 0 Å². The summed E-state index contributed by atoms with van der Waals surface area (Å²) in [5, 5.41) is 8.73. The minimum absolute atomic E-state index is 0.156. The largest absolute Gasteiger partial charge is 0.465 e. The Hall–Kier alpha value is -2.08. The molecule has 0 radical (unpaired) electrons. The van der Waals surface area contributed by atoms with Crippen molar-refractivity contribution in [3.05, 3.63) is 29.8 Å². The van der Waals surface area contributed by atoms with E-state index in [1.54, 1.807) is 24.3 Å². The molecule has 2 rings (SSSR count). The molecule has 0 bridgehead atoms. The van der Waals surface area contributed by atoms with Crippen molar-refractivity contribution in [2.45, 2.75) is 12.5 Å². The van der Waals surface area contributed by atoms with E-state index in [2.05, 4.69) is 20.7 Å². The van der Waals surface area contributed by atoms with Gasteiger partial charge >= 0.3 is 12.0 Å². The van der Waals surface area contributed by atoms with Crippen molar-refractivity contribution in [2.75, 3.05) is 25.5 Å². The highest BCUT2D eigenvalue weighted by Crippen LogP contribution is 2.11. The number of hydrogen-bond donors (Lipinski definition) is 3. The van der Waals surface area contributed by atoms with Crippen molar-refractivity contribution in [2.24, 2.45) is 0 Å². The molecule has 0 aromatic heterocycles. The molecule has 0 spiro atoms. The van der Waals surface area contributed by atoms with Crippen molar-refractivity contribution < 1.29 is 14.3 Å². The first-order chi connectivity index (χ1) is 9.19. The topological polar surface area (TPSA) is 79.5 Å². The number of urea groups is 1. The Labute approximate surface area is 111 Å². The van der Waals surface area contributed by atoms with Gasteiger partial charge in [-0.05, 0) is 31.2 Å². The fourth-order valence-electron chi connectivity index (χ4n) is 1.97. The Bertz CT molecular complexity index is 470. The highest BCUT2D eigenvalue weighted by Gasteiger charge is 2.16. The van der Waals surface area contributed by atoms with Crippen molar-refractivity contribution >= 4 is 17.7 Å².